The summed E-state index contributed by atoms with van der Waals surface area (Å²) in [5.74, 6) is -0.353. The highest BCUT2D eigenvalue weighted by Gasteiger charge is 2.37. The molecule has 0 aliphatic carbocycles. The van der Waals surface area contributed by atoms with Crippen molar-refractivity contribution in [1.82, 2.24) is 15.2 Å². The SMILES string of the molecule is Cc1nnc(N[C@H](N)c2ccc(F)cc2F)c2cc(N3CC(C)(O)C3)ncc12. The van der Waals surface area contributed by atoms with Crippen LogP contribution in [0.4, 0.5) is 20.4 Å². The predicted octanol–water partition coefficient (Wildman–Crippen LogP) is 2.25. The summed E-state index contributed by atoms with van der Waals surface area (Å²) in [5.41, 5.74) is 6.15. The highest BCUT2D eigenvalue weighted by Crippen LogP contribution is 2.31. The van der Waals surface area contributed by atoms with E-state index in [1.165, 1.54) is 6.07 Å². The van der Waals surface area contributed by atoms with Gasteiger partial charge in [0.05, 0.1) is 11.3 Å². The van der Waals surface area contributed by atoms with Gasteiger partial charge >= 0.3 is 0 Å². The molecule has 0 amide bonds. The van der Waals surface area contributed by atoms with Crippen molar-refractivity contribution in [3.05, 3.63) is 53.4 Å². The molecule has 1 aliphatic heterocycles. The molecule has 28 heavy (non-hydrogen) atoms. The van der Waals surface area contributed by atoms with Crippen LogP contribution in [0.3, 0.4) is 0 Å². The Balaban J connectivity index is 1.69. The Hall–Kier alpha value is -2.91. The molecule has 0 spiro atoms. The summed E-state index contributed by atoms with van der Waals surface area (Å²) in [6, 6.07) is 5.06. The summed E-state index contributed by atoms with van der Waals surface area (Å²) in [4.78, 5) is 6.39. The Morgan fingerprint density at radius 1 is 1.21 bits per heavy atom. The number of nitrogens with zero attached hydrogens (tertiary/aromatic N) is 4. The number of benzene rings is 1. The molecule has 1 aromatic carbocycles. The summed E-state index contributed by atoms with van der Waals surface area (Å²) in [5, 5.41) is 22.7. The molecular formula is C19H20F2N6O. The number of aryl methyl sites for hydroxylation is 1. The fourth-order valence-electron chi connectivity index (χ4n) is 3.36. The van der Waals surface area contributed by atoms with Crippen LogP contribution in [-0.2, 0) is 0 Å². The van der Waals surface area contributed by atoms with Crippen LogP contribution in [-0.4, -0.2) is 39.0 Å². The molecule has 1 aliphatic rings. The lowest BCUT2D eigenvalue weighted by Gasteiger charge is -2.45. The molecule has 9 heteroatoms. The predicted molar refractivity (Wildman–Crippen MR) is 102 cm³/mol. The van der Waals surface area contributed by atoms with Crippen LogP contribution in [0, 0.1) is 18.6 Å². The van der Waals surface area contributed by atoms with Crippen LogP contribution >= 0.6 is 0 Å². The van der Waals surface area contributed by atoms with Gasteiger partial charge in [0.1, 0.15) is 23.6 Å². The number of halogens is 2. The Labute approximate surface area is 160 Å². The topological polar surface area (TPSA) is 100 Å². The van der Waals surface area contributed by atoms with Crippen molar-refractivity contribution in [3.8, 4) is 0 Å². The molecule has 1 saturated heterocycles. The summed E-state index contributed by atoms with van der Waals surface area (Å²) in [6.07, 6.45) is 0.749. The maximum Gasteiger partial charge on any atom is 0.158 e. The highest BCUT2D eigenvalue weighted by molar-refractivity contribution is 5.94. The maximum absolute atomic E-state index is 14.0. The van der Waals surface area contributed by atoms with E-state index in [1.54, 1.807) is 13.1 Å². The van der Waals surface area contributed by atoms with Crippen LogP contribution < -0.4 is 16.0 Å². The number of rotatable bonds is 4. The van der Waals surface area contributed by atoms with Crippen molar-refractivity contribution in [3.63, 3.8) is 0 Å². The van der Waals surface area contributed by atoms with Crippen LogP contribution in [0.15, 0.2) is 30.5 Å². The van der Waals surface area contributed by atoms with E-state index in [4.69, 9.17) is 5.73 Å². The Morgan fingerprint density at radius 2 is 1.96 bits per heavy atom. The van der Waals surface area contributed by atoms with E-state index >= 15 is 0 Å². The molecule has 0 unspecified atom stereocenters. The zero-order chi connectivity index (χ0) is 20.1. The molecule has 7 nitrogen and oxygen atoms in total. The first kappa shape index (κ1) is 18.5. The smallest absolute Gasteiger partial charge is 0.158 e. The lowest BCUT2D eigenvalue weighted by Crippen LogP contribution is -2.60. The molecule has 3 heterocycles. The molecule has 146 valence electrons. The fourth-order valence-corrected chi connectivity index (χ4v) is 3.36. The van der Waals surface area contributed by atoms with Crippen LogP contribution in [0.1, 0.15) is 24.3 Å². The number of pyridine rings is 1. The summed E-state index contributed by atoms with van der Waals surface area (Å²) >= 11 is 0. The second-order valence-electron chi connectivity index (χ2n) is 7.36. The zero-order valence-electron chi connectivity index (χ0n) is 15.4. The van der Waals surface area contributed by atoms with E-state index in [9.17, 15) is 13.9 Å². The first-order valence-corrected chi connectivity index (χ1v) is 8.81. The summed E-state index contributed by atoms with van der Waals surface area (Å²) in [6.45, 7) is 4.54. The number of anilines is 2. The number of hydrogen-bond donors (Lipinski definition) is 3. The Morgan fingerprint density at radius 3 is 2.64 bits per heavy atom. The number of aliphatic hydroxyl groups is 1. The third-order valence-corrected chi connectivity index (χ3v) is 4.81. The van der Waals surface area contributed by atoms with Gasteiger partial charge in [0.15, 0.2) is 5.82 Å². The number of nitrogens with two attached hydrogens (primary N) is 1. The van der Waals surface area contributed by atoms with Gasteiger partial charge in [0.2, 0.25) is 0 Å². The van der Waals surface area contributed by atoms with E-state index < -0.39 is 23.4 Å². The van der Waals surface area contributed by atoms with E-state index in [0.717, 1.165) is 22.9 Å². The van der Waals surface area contributed by atoms with E-state index in [0.29, 0.717) is 30.4 Å². The second kappa shape index (κ2) is 6.61. The second-order valence-corrected chi connectivity index (χ2v) is 7.36. The molecule has 0 bridgehead atoms. The van der Waals surface area contributed by atoms with Gasteiger partial charge in [-0.3, -0.25) is 0 Å². The van der Waals surface area contributed by atoms with Crippen LogP contribution in [0.2, 0.25) is 0 Å². The van der Waals surface area contributed by atoms with E-state index in [2.05, 4.69) is 20.5 Å². The molecule has 4 N–H and O–H groups in total. The zero-order valence-corrected chi connectivity index (χ0v) is 15.4. The van der Waals surface area contributed by atoms with Gasteiger partial charge in [-0.1, -0.05) is 0 Å². The highest BCUT2D eigenvalue weighted by atomic mass is 19.1. The first-order chi connectivity index (χ1) is 13.2. The van der Waals surface area contributed by atoms with Crippen molar-refractivity contribution < 1.29 is 13.9 Å². The van der Waals surface area contributed by atoms with Crippen molar-refractivity contribution in [1.29, 1.82) is 0 Å². The minimum Gasteiger partial charge on any atom is -0.386 e. The quantitative estimate of drug-likeness (QED) is 0.591. The molecular weight excluding hydrogens is 366 g/mol. The van der Waals surface area contributed by atoms with Crippen molar-refractivity contribution in [2.75, 3.05) is 23.3 Å². The minimum atomic E-state index is -0.942. The van der Waals surface area contributed by atoms with Crippen LogP contribution in [0.5, 0.6) is 0 Å². The number of hydrogen-bond acceptors (Lipinski definition) is 7. The average molecular weight is 386 g/mol. The lowest BCUT2D eigenvalue weighted by molar-refractivity contribution is 0.0305. The van der Waals surface area contributed by atoms with E-state index in [1.807, 2.05) is 17.9 Å². The van der Waals surface area contributed by atoms with Gasteiger partial charge < -0.3 is 21.1 Å². The summed E-state index contributed by atoms with van der Waals surface area (Å²) in [7, 11) is 0. The molecule has 2 aromatic heterocycles. The molecule has 4 rings (SSSR count). The normalized spacial score (nSPS) is 16.7. The Kier molecular flexibility index (Phi) is 4.35. The number of nitrogens with one attached hydrogen (secondary N) is 1. The third-order valence-electron chi connectivity index (χ3n) is 4.81. The van der Waals surface area contributed by atoms with Crippen molar-refractivity contribution in [2.45, 2.75) is 25.6 Å². The molecule has 3 aromatic rings. The van der Waals surface area contributed by atoms with Gasteiger partial charge in [-0.25, -0.2) is 13.8 Å². The summed E-state index contributed by atoms with van der Waals surface area (Å²) < 4.78 is 27.2. The standard InChI is InChI=1S/C19H20F2N6O/c1-10-14-7-23-16(27-8-19(2,28)9-27)6-13(14)18(26-25-10)24-17(22)12-4-3-11(20)5-15(12)21/h3-7,17,28H,8-9,22H2,1-2H3,(H,24,26)/t17-/m0/s1. The third kappa shape index (κ3) is 3.34. The molecule has 1 fully saturated rings. The van der Waals surface area contributed by atoms with Gasteiger partial charge in [0, 0.05) is 41.7 Å². The van der Waals surface area contributed by atoms with Gasteiger partial charge in [0.25, 0.3) is 0 Å². The van der Waals surface area contributed by atoms with Gasteiger partial charge in [-0.2, -0.15) is 5.10 Å². The van der Waals surface area contributed by atoms with Crippen LogP contribution in [0.25, 0.3) is 10.8 Å². The van der Waals surface area contributed by atoms with Crippen molar-refractivity contribution >= 4 is 22.4 Å². The molecule has 1 atom stereocenters. The fraction of sp³-hybridized carbons (Fsp3) is 0.316. The van der Waals surface area contributed by atoms with Gasteiger partial charge in [-0.15, -0.1) is 5.10 Å². The maximum atomic E-state index is 14.0. The van der Waals surface area contributed by atoms with Crippen molar-refractivity contribution in [2.24, 2.45) is 5.73 Å². The molecule has 0 radical (unpaired) electrons. The average Bonchev–Trinajstić information content (AvgIpc) is 2.61. The number of β-amino-alcohol motifs (C(OH)–C–C–N with tert-alkyl or cyclic N) is 1. The first-order valence-electron chi connectivity index (χ1n) is 8.81. The Bertz CT molecular complexity index is 1050. The minimum absolute atomic E-state index is 0.116. The van der Waals surface area contributed by atoms with Gasteiger partial charge in [-0.05, 0) is 32.0 Å². The molecule has 0 saturated carbocycles. The number of fused-ring (bicyclic) bond motifs is 1. The van der Waals surface area contributed by atoms with E-state index in [-0.39, 0.29) is 5.56 Å². The monoisotopic (exact) mass is 386 g/mol. The largest absolute Gasteiger partial charge is 0.386 e. The lowest BCUT2D eigenvalue weighted by atomic mass is 9.97. The number of aromatic nitrogens is 3.